The van der Waals surface area contributed by atoms with Crippen molar-refractivity contribution in [3.05, 3.63) is 138 Å². The summed E-state index contributed by atoms with van der Waals surface area (Å²) in [6, 6.07) is 42.8. The smallest absolute Gasteiger partial charge is 0.207 e. The summed E-state index contributed by atoms with van der Waals surface area (Å²) in [5, 5.41) is 8.56. The van der Waals surface area contributed by atoms with Crippen LogP contribution in [0.5, 0.6) is 0 Å². The summed E-state index contributed by atoms with van der Waals surface area (Å²) in [7, 11) is 0. The van der Waals surface area contributed by atoms with Crippen LogP contribution in [-0.2, 0) is 0 Å². The van der Waals surface area contributed by atoms with Gasteiger partial charge in [-0.25, -0.2) is 9.99 Å². The Morgan fingerprint density at radius 2 is 1.33 bits per heavy atom. The molecule has 0 amide bonds. The Balaban J connectivity index is 1.38. The largest absolute Gasteiger partial charge is 0.231 e. The molecule has 4 aromatic carbocycles. The molecule has 3 nitrogen and oxygen atoms in total. The summed E-state index contributed by atoms with van der Waals surface area (Å²) < 4.78 is 0. The van der Waals surface area contributed by atoms with E-state index in [4.69, 9.17) is 10.1 Å². The normalized spacial score (nSPS) is 19.6. The number of hydrogen-bond donors (Lipinski definition) is 0. The maximum atomic E-state index is 5.39. The van der Waals surface area contributed by atoms with Gasteiger partial charge in [-0.3, -0.25) is 0 Å². The molecule has 7 rings (SSSR count). The monoisotopic (exact) mass is 523 g/mol. The van der Waals surface area contributed by atoms with Crippen molar-refractivity contribution in [2.75, 3.05) is 5.01 Å². The molecular formula is C35H29N3S. The number of benzene rings is 4. The Morgan fingerprint density at radius 3 is 2.03 bits per heavy atom. The van der Waals surface area contributed by atoms with E-state index >= 15 is 0 Å². The van der Waals surface area contributed by atoms with Crippen LogP contribution in [0.4, 0.5) is 5.13 Å². The molecule has 0 bridgehead atoms. The number of aromatic nitrogens is 1. The van der Waals surface area contributed by atoms with E-state index in [-0.39, 0.29) is 6.04 Å². The first-order valence-corrected chi connectivity index (χ1v) is 14.5. The average Bonchev–Trinajstić information content (AvgIpc) is 3.62. The number of hydrogen-bond acceptors (Lipinski definition) is 4. The Labute approximate surface area is 233 Å². The number of hydrazone groups is 1. The highest BCUT2D eigenvalue weighted by Crippen LogP contribution is 2.49. The number of allylic oxidation sites excluding steroid dienone is 1. The van der Waals surface area contributed by atoms with Gasteiger partial charge in [-0.2, -0.15) is 5.10 Å². The van der Waals surface area contributed by atoms with Crippen LogP contribution in [0.25, 0.3) is 27.8 Å². The van der Waals surface area contributed by atoms with Crippen LogP contribution in [0.2, 0.25) is 0 Å². The highest BCUT2D eigenvalue weighted by Gasteiger charge is 2.43. The summed E-state index contributed by atoms with van der Waals surface area (Å²) in [6.45, 7) is 0. The molecule has 190 valence electrons. The second kappa shape index (κ2) is 10.5. The quantitative estimate of drug-likeness (QED) is 0.230. The maximum absolute atomic E-state index is 5.39. The fourth-order valence-corrected chi connectivity index (χ4v) is 6.96. The first-order chi connectivity index (χ1) is 19.3. The molecule has 1 aromatic heterocycles. The van der Waals surface area contributed by atoms with Crippen LogP contribution in [-0.4, -0.2) is 10.7 Å². The fourth-order valence-electron chi connectivity index (χ4n) is 5.88. The van der Waals surface area contributed by atoms with E-state index in [9.17, 15) is 0 Å². The zero-order chi connectivity index (χ0) is 26.0. The number of nitrogens with zero attached hydrogens (tertiary/aromatic N) is 3. The molecule has 5 aromatic rings. The Hall–Kier alpha value is -4.28. The number of rotatable bonds is 5. The van der Waals surface area contributed by atoms with E-state index in [0.717, 1.165) is 29.2 Å². The third-order valence-corrected chi connectivity index (χ3v) is 8.77. The van der Waals surface area contributed by atoms with E-state index in [1.807, 2.05) is 0 Å². The zero-order valence-electron chi connectivity index (χ0n) is 21.7. The molecule has 2 unspecified atom stereocenters. The number of anilines is 1. The lowest BCUT2D eigenvalue weighted by Crippen LogP contribution is -2.28. The molecule has 1 fully saturated rings. The van der Waals surface area contributed by atoms with Gasteiger partial charge in [-0.1, -0.05) is 133 Å². The number of thiazole rings is 1. The second-order valence-electron chi connectivity index (χ2n) is 10.2. The molecule has 0 radical (unpaired) electrons. The van der Waals surface area contributed by atoms with Crippen molar-refractivity contribution in [2.24, 2.45) is 11.0 Å². The first-order valence-electron chi connectivity index (χ1n) is 13.7. The molecule has 1 aliphatic heterocycles. The van der Waals surface area contributed by atoms with Gasteiger partial charge in [0.15, 0.2) is 0 Å². The van der Waals surface area contributed by atoms with Crippen molar-refractivity contribution < 1.29 is 0 Å². The lowest BCUT2D eigenvalue weighted by atomic mass is 9.77. The molecule has 0 spiro atoms. The highest BCUT2D eigenvalue weighted by atomic mass is 32.1. The Morgan fingerprint density at radius 1 is 0.718 bits per heavy atom. The van der Waals surface area contributed by atoms with E-state index < -0.39 is 0 Å². The molecular weight excluding hydrogens is 494 g/mol. The van der Waals surface area contributed by atoms with Gasteiger partial charge >= 0.3 is 0 Å². The predicted octanol–water partition coefficient (Wildman–Crippen LogP) is 9.28. The standard InChI is InChI=1S/C35H29N3S/c1-5-14-25(15-6-1)24-29-22-13-23-30-31(29)37-38(33(30)27-18-9-3-10-19-27)35-36-32(26-16-7-2-8-17-26)34(39-35)28-20-11-4-12-21-28/h1-12,14-21,24,30,33H,13,22-23H2/b29-24-. The molecule has 1 saturated carbocycles. The topological polar surface area (TPSA) is 28.5 Å². The Kier molecular flexibility index (Phi) is 6.39. The summed E-state index contributed by atoms with van der Waals surface area (Å²) in [4.78, 5) is 6.48. The summed E-state index contributed by atoms with van der Waals surface area (Å²) in [5.74, 6) is 0.334. The SMILES string of the molecule is C(=C1\CCCC2C1=NN(c1nc(-c3ccccc3)c(-c3ccccc3)s1)C2c1ccccc1)/c1ccccc1. The lowest BCUT2D eigenvalue weighted by molar-refractivity contribution is 0.487. The first kappa shape index (κ1) is 23.8. The predicted molar refractivity (Wildman–Crippen MR) is 164 cm³/mol. The van der Waals surface area contributed by atoms with Crippen molar-refractivity contribution in [2.45, 2.75) is 25.3 Å². The minimum absolute atomic E-state index is 0.124. The van der Waals surface area contributed by atoms with Crippen LogP contribution in [0, 0.1) is 5.92 Å². The number of fused-ring (bicyclic) bond motifs is 1. The molecule has 0 saturated heterocycles. The van der Waals surface area contributed by atoms with Crippen molar-refractivity contribution in [1.29, 1.82) is 0 Å². The van der Waals surface area contributed by atoms with Gasteiger partial charge in [-0.05, 0) is 47.6 Å². The van der Waals surface area contributed by atoms with Gasteiger partial charge in [0.1, 0.15) is 0 Å². The van der Waals surface area contributed by atoms with Gasteiger partial charge in [0, 0.05) is 11.5 Å². The highest BCUT2D eigenvalue weighted by molar-refractivity contribution is 7.19. The van der Waals surface area contributed by atoms with Crippen molar-refractivity contribution in [3.8, 4) is 21.7 Å². The van der Waals surface area contributed by atoms with Gasteiger partial charge in [0.05, 0.1) is 22.3 Å². The third-order valence-electron chi connectivity index (χ3n) is 7.68. The van der Waals surface area contributed by atoms with E-state index in [2.05, 4.69) is 132 Å². The van der Waals surface area contributed by atoms with E-state index in [1.54, 1.807) is 11.3 Å². The minimum atomic E-state index is 0.124. The lowest BCUT2D eigenvalue weighted by Gasteiger charge is -2.29. The van der Waals surface area contributed by atoms with Gasteiger partial charge in [0.25, 0.3) is 0 Å². The van der Waals surface area contributed by atoms with Crippen molar-refractivity contribution in [1.82, 2.24) is 4.98 Å². The Bertz CT molecular complexity index is 1570. The van der Waals surface area contributed by atoms with Crippen LogP contribution in [0.3, 0.4) is 0 Å². The molecule has 0 N–H and O–H groups in total. The fraction of sp³-hybridized carbons (Fsp3) is 0.143. The van der Waals surface area contributed by atoms with Crippen molar-refractivity contribution >= 4 is 28.3 Å². The van der Waals surface area contributed by atoms with Crippen LogP contribution >= 0.6 is 11.3 Å². The minimum Gasteiger partial charge on any atom is -0.231 e. The molecule has 4 heteroatoms. The van der Waals surface area contributed by atoms with Crippen LogP contribution in [0.1, 0.15) is 36.4 Å². The summed E-state index contributed by atoms with van der Waals surface area (Å²) >= 11 is 1.74. The van der Waals surface area contributed by atoms with Crippen LogP contribution in [0.15, 0.2) is 132 Å². The van der Waals surface area contributed by atoms with Gasteiger partial charge in [-0.15, -0.1) is 0 Å². The van der Waals surface area contributed by atoms with Crippen LogP contribution < -0.4 is 5.01 Å². The molecule has 2 heterocycles. The van der Waals surface area contributed by atoms with Crippen molar-refractivity contribution in [3.63, 3.8) is 0 Å². The second-order valence-corrected chi connectivity index (χ2v) is 11.1. The molecule has 1 aliphatic carbocycles. The van der Waals surface area contributed by atoms with Gasteiger partial charge in [0.2, 0.25) is 5.13 Å². The third kappa shape index (κ3) is 4.62. The summed E-state index contributed by atoms with van der Waals surface area (Å²) in [6.07, 6.45) is 5.69. The van der Waals surface area contributed by atoms with E-state index in [1.165, 1.54) is 39.3 Å². The zero-order valence-corrected chi connectivity index (χ0v) is 22.5. The van der Waals surface area contributed by atoms with E-state index in [0.29, 0.717) is 5.92 Å². The van der Waals surface area contributed by atoms with Gasteiger partial charge < -0.3 is 0 Å². The summed E-state index contributed by atoms with van der Waals surface area (Å²) in [5.41, 5.74) is 8.43. The molecule has 39 heavy (non-hydrogen) atoms. The average molecular weight is 524 g/mol. The molecule has 2 atom stereocenters. The molecule has 2 aliphatic rings. The maximum Gasteiger partial charge on any atom is 0.207 e.